The zero-order chi connectivity index (χ0) is 24.0. The molecule has 0 saturated carbocycles. The van der Waals surface area contributed by atoms with Gasteiger partial charge in [-0.25, -0.2) is 14.6 Å². The third-order valence-corrected chi connectivity index (χ3v) is 6.11. The quantitative estimate of drug-likeness (QED) is 0.219. The molecule has 1 aliphatic heterocycles. The van der Waals surface area contributed by atoms with Crippen LogP contribution in [0.2, 0.25) is 0 Å². The highest BCUT2D eigenvalue weighted by molar-refractivity contribution is 6.14. The Morgan fingerprint density at radius 3 is 2.39 bits per heavy atom. The topological polar surface area (TPSA) is 73.7 Å². The van der Waals surface area contributed by atoms with E-state index in [1.54, 1.807) is 20.0 Å². The van der Waals surface area contributed by atoms with Crippen molar-refractivity contribution in [3.63, 3.8) is 0 Å². The molecule has 2 heterocycles. The molecule has 3 rings (SSSR count). The van der Waals surface area contributed by atoms with E-state index in [2.05, 4.69) is 37.5 Å². The second-order valence-corrected chi connectivity index (χ2v) is 8.49. The summed E-state index contributed by atoms with van der Waals surface area (Å²) in [6.45, 7) is 11.3. The van der Waals surface area contributed by atoms with Crippen LogP contribution in [-0.2, 0) is 38.4 Å². The fraction of sp³-hybridized carbons (Fsp3) is 0.577. The minimum Gasteiger partial charge on any atom is -0.462 e. The Hall–Kier alpha value is -2.83. The molecule has 7 heteroatoms. The van der Waals surface area contributed by atoms with Gasteiger partial charge in [0.05, 0.1) is 24.2 Å². The van der Waals surface area contributed by atoms with Crippen molar-refractivity contribution in [2.75, 3.05) is 18.1 Å². The number of imidazole rings is 1. The first-order valence-corrected chi connectivity index (χ1v) is 12.3. The highest BCUT2D eigenvalue weighted by Gasteiger charge is 2.29. The van der Waals surface area contributed by atoms with Gasteiger partial charge in [0.15, 0.2) is 5.57 Å². The van der Waals surface area contributed by atoms with E-state index >= 15 is 0 Å². The summed E-state index contributed by atoms with van der Waals surface area (Å²) in [5.41, 5.74) is 4.27. The normalized spacial score (nSPS) is 15.3. The summed E-state index contributed by atoms with van der Waals surface area (Å²) in [4.78, 5) is 32.2. The van der Waals surface area contributed by atoms with E-state index in [0.717, 1.165) is 62.1 Å². The van der Waals surface area contributed by atoms with E-state index in [0.29, 0.717) is 0 Å². The molecule has 0 aliphatic carbocycles. The van der Waals surface area contributed by atoms with Gasteiger partial charge in [0.25, 0.3) is 0 Å². The number of nitrogens with zero attached hydrogens (tertiary/aromatic N) is 3. The monoisotopic (exact) mass is 455 g/mol. The molecule has 0 radical (unpaired) electrons. The lowest BCUT2D eigenvalue weighted by Gasteiger charge is -2.35. The van der Waals surface area contributed by atoms with Crippen molar-refractivity contribution in [1.82, 2.24) is 9.55 Å². The van der Waals surface area contributed by atoms with Gasteiger partial charge in [0, 0.05) is 36.5 Å². The summed E-state index contributed by atoms with van der Waals surface area (Å²) >= 11 is 0. The van der Waals surface area contributed by atoms with Crippen LogP contribution < -0.4 is 4.90 Å². The molecule has 0 N–H and O–H groups in total. The Morgan fingerprint density at radius 1 is 1.09 bits per heavy atom. The maximum atomic E-state index is 12.6. The molecule has 33 heavy (non-hydrogen) atoms. The van der Waals surface area contributed by atoms with Gasteiger partial charge in [-0.3, -0.25) is 0 Å². The standard InChI is InChI=1S/C26H37N3O4/c1-6-10-16-28-22-15-14-21-19(24(22)27-23(28)11-7-2)13-12-18(5)29(21)17-20(25(30)32-8-3)26(31)33-9-4/h14-15,17-18H,6-13,16H2,1-5H3. The molecule has 0 saturated heterocycles. The second kappa shape index (κ2) is 11.3. The summed E-state index contributed by atoms with van der Waals surface area (Å²) in [5.74, 6) is -0.190. The second-order valence-electron chi connectivity index (χ2n) is 8.49. The number of hydrogen-bond acceptors (Lipinski definition) is 6. The van der Waals surface area contributed by atoms with Crippen molar-refractivity contribution in [3.8, 4) is 0 Å². The van der Waals surface area contributed by atoms with Gasteiger partial charge in [-0.15, -0.1) is 0 Å². The average Bonchev–Trinajstić information content (AvgIpc) is 3.14. The van der Waals surface area contributed by atoms with E-state index in [4.69, 9.17) is 14.5 Å². The Bertz CT molecular complexity index is 1000. The molecule has 0 spiro atoms. The van der Waals surface area contributed by atoms with Gasteiger partial charge >= 0.3 is 11.9 Å². The predicted octanol–water partition coefficient (Wildman–Crippen LogP) is 4.94. The maximum Gasteiger partial charge on any atom is 0.347 e. The number of carbonyl (C=O) groups excluding carboxylic acids is 2. The Balaban J connectivity index is 2.12. The number of anilines is 1. The van der Waals surface area contributed by atoms with Crippen LogP contribution in [0.4, 0.5) is 5.69 Å². The minimum atomic E-state index is -0.662. The van der Waals surface area contributed by atoms with E-state index in [9.17, 15) is 9.59 Å². The molecular formula is C26H37N3O4. The SMILES string of the molecule is CCCCn1c(CCC)nc2c3c(ccc21)N(C=C(C(=O)OCC)C(=O)OCC)C(C)CC3. The van der Waals surface area contributed by atoms with Crippen LogP contribution in [0.5, 0.6) is 0 Å². The van der Waals surface area contributed by atoms with Crippen LogP contribution in [0.1, 0.15) is 71.7 Å². The molecule has 180 valence electrons. The first-order valence-electron chi connectivity index (χ1n) is 12.3. The first-order chi connectivity index (χ1) is 16.0. The van der Waals surface area contributed by atoms with Crippen molar-refractivity contribution in [2.45, 2.75) is 85.7 Å². The van der Waals surface area contributed by atoms with Crippen molar-refractivity contribution < 1.29 is 19.1 Å². The van der Waals surface area contributed by atoms with E-state index < -0.39 is 11.9 Å². The zero-order valence-electron chi connectivity index (χ0n) is 20.6. The summed E-state index contributed by atoms with van der Waals surface area (Å²) in [6, 6.07) is 4.34. The van der Waals surface area contributed by atoms with Gasteiger partial charge in [-0.1, -0.05) is 20.3 Å². The zero-order valence-corrected chi connectivity index (χ0v) is 20.6. The van der Waals surface area contributed by atoms with Crippen molar-refractivity contribution in [3.05, 3.63) is 35.3 Å². The van der Waals surface area contributed by atoms with E-state index in [1.807, 2.05) is 4.90 Å². The molecule has 1 aromatic heterocycles. The predicted molar refractivity (Wildman–Crippen MR) is 130 cm³/mol. The van der Waals surface area contributed by atoms with Gasteiger partial charge in [0.2, 0.25) is 0 Å². The Kier molecular flexibility index (Phi) is 8.53. The molecule has 2 aromatic rings. The summed E-state index contributed by atoms with van der Waals surface area (Å²) < 4.78 is 12.6. The maximum absolute atomic E-state index is 12.6. The number of fused-ring (bicyclic) bond motifs is 3. The molecule has 0 bridgehead atoms. The Labute approximate surface area is 196 Å². The fourth-order valence-corrected chi connectivity index (χ4v) is 4.42. The lowest BCUT2D eigenvalue weighted by molar-refractivity contribution is -0.146. The highest BCUT2D eigenvalue weighted by Crippen LogP contribution is 2.37. The number of aryl methyl sites for hydroxylation is 3. The third-order valence-electron chi connectivity index (χ3n) is 6.11. The van der Waals surface area contributed by atoms with Gasteiger partial charge in [-0.05, 0) is 58.6 Å². The number of unbranched alkanes of at least 4 members (excludes halogenated alkanes) is 1. The number of carbonyl (C=O) groups is 2. The molecule has 1 unspecified atom stereocenters. The number of esters is 2. The minimum absolute atomic E-state index is 0.0846. The molecule has 1 atom stereocenters. The molecule has 0 amide bonds. The largest absolute Gasteiger partial charge is 0.462 e. The van der Waals surface area contributed by atoms with Crippen LogP contribution in [-0.4, -0.2) is 40.7 Å². The summed E-state index contributed by atoms with van der Waals surface area (Å²) in [7, 11) is 0. The number of benzene rings is 1. The van der Waals surface area contributed by atoms with Gasteiger partial charge in [-0.2, -0.15) is 0 Å². The number of hydrogen-bond donors (Lipinski definition) is 0. The van der Waals surface area contributed by atoms with Crippen LogP contribution in [0.15, 0.2) is 23.9 Å². The van der Waals surface area contributed by atoms with E-state index in [1.165, 1.54) is 11.1 Å². The molecule has 1 aliphatic rings. The van der Waals surface area contributed by atoms with Crippen LogP contribution in [0, 0.1) is 0 Å². The smallest absolute Gasteiger partial charge is 0.347 e. The van der Waals surface area contributed by atoms with Crippen molar-refractivity contribution in [1.29, 1.82) is 0 Å². The van der Waals surface area contributed by atoms with Crippen LogP contribution in [0.3, 0.4) is 0 Å². The number of aromatic nitrogens is 2. The van der Waals surface area contributed by atoms with Gasteiger partial charge < -0.3 is 18.9 Å². The van der Waals surface area contributed by atoms with Crippen molar-refractivity contribution in [2.24, 2.45) is 0 Å². The van der Waals surface area contributed by atoms with E-state index in [-0.39, 0.29) is 24.8 Å². The average molecular weight is 456 g/mol. The number of rotatable bonds is 10. The summed E-state index contributed by atoms with van der Waals surface area (Å²) in [5, 5.41) is 0. The molecular weight excluding hydrogens is 418 g/mol. The molecule has 1 aromatic carbocycles. The van der Waals surface area contributed by atoms with Crippen molar-refractivity contribution >= 4 is 28.7 Å². The lowest BCUT2D eigenvalue weighted by atomic mass is 9.95. The summed E-state index contributed by atoms with van der Waals surface area (Å²) in [6.07, 6.45) is 7.65. The van der Waals surface area contributed by atoms with Crippen LogP contribution in [0.25, 0.3) is 11.0 Å². The third kappa shape index (κ3) is 5.23. The lowest BCUT2D eigenvalue weighted by Crippen LogP contribution is -2.35. The van der Waals surface area contributed by atoms with Crippen LogP contribution >= 0.6 is 0 Å². The first kappa shape index (κ1) is 24.8. The molecule has 0 fully saturated rings. The fourth-order valence-electron chi connectivity index (χ4n) is 4.42. The Morgan fingerprint density at radius 2 is 1.79 bits per heavy atom. The molecule has 7 nitrogen and oxygen atoms in total. The number of ether oxygens (including phenoxy) is 2. The highest BCUT2D eigenvalue weighted by atomic mass is 16.6. The van der Waals surface area contributed by atoms with Gasteiger partial charge in [0.1, 0.15) is 5.82 Å².